The second kappa shape index (κ2) is 9.49. The van der Waals surface area contributed by atoms with Crippen LogP contribution in [0.3, 0.4) is 0 Å². The molecule has 0 unspecified atom stereocenters. The van der Waals surface area contributed by atoms with Gasteiger partial charge >= 0.3 is 0 Å². The zero-order valence-electron chi connectivity index (χ0n) is 20.5. The molecule has 0 aliphatic carbocycles. The number of hydrogen-bond acceptors (Lipinski definition) is 5. The number of ether oxygens (including phenoxy) is 1. The first-order valence-electron chi connectivity index (χ1n) is 12.3. The number of benzene rings is 3. The molecule has 3 aromatic carbocycles. The van der Waals surface area contributed by atoms with Crippen LogP contribution in [0, 0.1) is 0 Å². The Morgan fingerprint density at radius 1 is 1.11 bits per heavy atom. The standard InChI is InChI=1S/C29H30N4O3/c1-3-4-15-31-26(34)22-12-8-11-20(16-22)21-13-14-24-23(17-21)29(27(35)33(2)28(30)32-29)18-25(36-24)19-9-6-5-7-10-19/h5-14,16-17,25H,3-4,15,18H2,1-2H3,(H2,30,32)(H,31,34)/t25-,29+/m1/s1. The molecule has 0 radical (unpaired) electrons. The molecule has 0 bridgehead atoms. The third-order valence-corrected chi connectivity index (χ3v) is 6.93. The van der Waals surface area contributed by atoms with Crippen LogP contribution in [0.1, 0.15) is 53.8 Å². The highest BCUT2D eigenvalue weighted by atomic mass is 16.5. The molecule has 2 aliphatic rings. The number of carbonyl (C=O) groups is 2. The first kappa shape index (κ1) is 23.6. The highest BCUT2D eigenvalue weighted by molar-refractivity contribution is 6.07. The summed E-state index contributed by atoms with van der Waals surface area (Å²) in [7, 11) is 1.65. The second-order valence-corrected chi connectivity index (χ2v) is 9.32. The largest absolute Gasteiger partial charge is 0.485 e. The first-order chi connectivity index (χ1) is 17.4. The molecule has 5 rings (SSSR count). The maximum Gasteiger partial charge on any atom is 0.261 e. The van der Waals surface area contributed by atoms with Gasteiger partial charge in [-0.05, 0) is 47.4 Å². The van der Waals surface area contributed by atoms with Crippen molar-refractivity contribution in [2.24, 2.45) is 10.7 Å². The maximum absolute atomic E-state index is 13.6. The fraction of sp³-hybridized carbons (Fsp3) is 0.276. The molecule has 2 atom stereocenters. The predicted molar refractivity (Wildman–Crippen MR) is 140 cm³/mol. The Morgan fingerprint density at radius 2 is 1.89 bits per heavy atom. The Labute approximate surface area is 211 Å². The average molecular weight is 483 g/mol. The van der Waals surface area contributed by atoms with Gasteiger partial charge in [-0.1, -0.05) is 61.9 Å². The molecule has 0 fully saturated rings. The van der Waals surface area contributed by atoms with E-state index in [1.807, 2.05) is 66.7 Å². The Bertz CT molecular complexity index is 1340. The highest BCUT2D eigenvalue weighted by Gasteiger charge is 2.53. The van der Waals surface area contributed by atoms with Crippen molar-refractivity contribution in [3.05, 3.63) is 89.5 Å². The van der Waals surface area contributed by atoms with Crippen LogP contribution in [0.4, 0.5) is 0 Å². The number of hydrogen-bond donors (Lipinski definition) is 2. The molecule has 0 saturated heterocycles. The van der Waals surface area contributed by atoms with Gasteiger partial charge in [0.2, 0.25) is 0 Å². The number of rotatable bonds is 6. The van der Waals surface area contributed by atoms with E-state index in [0.29, 0.717) is 29.8 Å². The lowest BCUT2D eigenvalue weighted by Crippen LogP contribution is -2.43. The summed E-state index contributed by atoms with van der Waals surface area (Å²) in [6.45, 7) is 2.74. The molecule has 7 nitrogen and oxygen atoms in total. The van der Waals surface area contributed by atoms with Crippen LogP contribution >= 0.6 is 0 Å². The van der Waals surface area contributed by atoms with Gasteiger partial charge in [-0.2, -0.15) is 0 Å². The average Bonchev–Trinajstić information content (AvgIpc) is 3.12. The summed E-state index contributed by atoms with van der Waals surface area (Å²) in [6.07, 6.45) is 1.96. The van der Waals surface area contributed by atoms with Gasteiger partial charge in [-0.25, -0.2) is 4.99 Å². The number of nitrogens with zero attached hydrogens (tertiary/aromatic N) is 2. The number of carbonyl (C=O) groups excluding carboxylic acids is 2. The van der Waals surface area contributed by atoms with E-state index >= 15 is 0 Å². The summed E-state index contributed by atoms with van der Waals surface area (Å²) in [5, 5.41) is 2.96. The molecule has 0 saturated carbocycles. The normalized spacial score (nSPS) is 20.6. The molecule has 36 heavy (non-hydrogen) atoms. The lowest BCUT2D eigenvalue weighted by Gasteiger charge is -2.37. The molecule has 3 N–H and O–H groups in total. The number of likely N-dealkylation sites (N-methyl/N-ethyl adjacent to an activating group) is 1. The van der Waals surface area contributed by atoms with E-state index in [1.165, 1.54) is 4.90 Å². The Hall–Kier alpha value is -4.13. The smallest absolute Gasteiger partial charge is 0.261 e. The lowest BCUT2D eigenvalue weighted by atomic mass is 9.79. The Kier molecular flexibility index (Phi) is 6.22. The van der Waals surface area contributed by atoms with Crippen LogP contribution in [0.5, 0.6) is 5.75 Å². The van der Waals surface area contributed by atoms with Crippen LogP contribution in [-0.4, -0.2) is 36.3 Å². The van der Waals surface area contributed by atoms with Crippen molar-refractivity contribution in [3.8, 4) is 16.9 Å². The maximum atomic E-state index is 13.6. The summed E-state index contributed by atoms with van der Waals surface area (Å²) in [5.74, 6) is 0.522. The van der Waals surface area contributed by atoms with Gasteiger partial charge in [0.15, 0.2) is 11.5 Å². The molecule has 2 heterocycles. The van der Waals surface area contributed by atoms with Gasteiger partial charge in [0.1, 0.15) is 11.9 Å². The van der Waals surface area contributed by atoms with E-state index in [1.54, 1.807) is 13.1 Å². The van der Waals surface area contributed by atoms with Crippen LogP contribution in [0.2, 0.25) is 0 Å². The van der Waals surface area contributed by atoms with E-state index in [-0.39, 0.29) is 23.9 Å². The van der Waals surface area contributed by atoms with Crippen molar-refractivity contribution in [1.82, 2.24) is 10.2 Å². The van der Waals surface area contributed by atoms with Gasteiger partial charge < -0.3 is 15.8 Å². The number of amides is 2. The molecule has 2 aliphatic heterocycles. The summed E-state index contributed by atoms with van der Waals surface area (Å²) < 4.78 is 6.39. The van der Waals surface area contributed by atoms with Crippen molar-refractivity contribution < 1.29 is 14.3 Å². The fourth-order valence-corrected chi connectivity index (χ4v) is 4.89. The van der Waals surface area contributed by atoms with E-state index < -0.39 is 5.54 Å². The van der Waals surface area contributed by atoms with Crippen molar-refractivity contribution in [2.75, 3.05) is 13.6 Å². The molecular formula is C29H30N4O3. The molecule has 1 spiro atoms. The third kappa shape index (κ3) is 4.11. The Morgan fingerprint density at radius 3 is 2.61 bits per heavy atom. The van der Waals surface area contributed by atoms with E-state index in [4.69, 9.17) is 15.5 Å². The van der Waals surface area contributed by atoms with Crippen molar-refractivity contribution in [1.29, 1.82) is 0 Å². The molecule has 184 valence electrons. The molecule has 2 amide bonds. The number of aliphatic imine (C=N–C) groups is 1. The van der Waals surface area contributed by atoms with Crippen LogP contribution in [0.15, 0.2) is 77.8 Å². The molecule has 0 aromatic heterocycles. The number of nitrogens with two attached hydrogens (primary N) is 1. The molecule has 7 heteroatoms. The minimum Gasteiger partial charge on any atom is -0.485 e. The van der Waals surface area contributed by atoms with Crippen LogP contribution < -0.4 is 15.8 Å². The van der Waals surface area contributed by atoms with Gasteiger partial charge in [0.25, 0.3) is 11.8 Å². The molecule has 3 aromatic rings. The fourth-order valence-electron chi connectivity index (χ4n) is 4.89. The highest BCUT2D eigenvalue weighted by Crippen LogP contribution is 2.50. The topological polar surface area (TPSA) is 97.0 Å². The summed E-state index contributed by atoms with van der Waals surface area (Å²) >= 11 is 0. The van der Waals surface area contributed by atoms with E-state index in [9.17, 15) is 9.59 Å². The number of guanidine groups is 1. The number of nitrogens with one attached hydrogen (secondary N) is 1. The van der Waals surface area contributed by atoms with Crippen molar-refractivity contribution in [2.45, 2.75) is 37.8 Å². The number of unbranched alkanes of at least 4 members (excludes halogenated alkanes) is 1. The first-order valence-corrected chi connectivity index (χ1v) is 12.3. The van der Waals surface area contributed by atoms with E-state index in [2.05, 4.69) is 12.2 Å². The van der Waals surface area contributed by atoms with Gasteiger partial charge in [-0.15, -0.1) is 0 Å². The summed E-state index contributed by atoms with van der Waals surface area (Å²) in [5.41, 5.74) is 8.96. The van der Waals surface area contributed by atoms with Gasteiger partial charge in [0.05, 0.1) is 0 Å². The zero-order valence-corrected chi connectivity index (χ0v) is 20.5. The van der Waals surface area contributed by atoms with Crippen LogP contribution in [-0.2, 0) is 10.3 Å². The second-order valence-electron chi connectivity index (χ2n) is 9.32. The minimum atomic E-state index is -1.17. The quantitative estimate of drug-likeness (QED) is 0.509. The van der Waals surface area contributed by atoms with Crippen molar-refractivity contribution in [3.63, 3.8) is 0 Å². The Balaban J connectivity index is 1.55. The number of fused-ring (bicyclic) bond motifs is 2. The van der Waals surface area contributed by atoms with E-state index in [0.717, 1.165) is 29.5 Å². The monoisotopic (exact) mass is 482 g/mol. The predicted octanol–water partition coefficient (Wildman–Crippen LogP) is 4.39. The summed E-state index contributed by atoms with van der Waals surface area (Å²) in [6, 6.07) is 23.1. The SMILES string of the molecule is CCCCNC(=O)c1cccc(-c2ccc3c(c2)[C@]2(C[C@H](c4ccccc4)O3)N=C(N)N(C)C2=O)c1. The minimum absolute atomic E-state index is 0.0984. The van der Waals surface area contributed by atoms with Gasteiger partial charge in [0, 0.05) is 31.1 Å². The summed E-state index contributed by atoms with van der Waals surface area (Å²) in [4.78, 5) is 32.3. The van der Waals surface area contributed by atoms with Crippen molar-refractivity contribution >= 4 is 17.8 Å². The molecular weight excluding hydrogens is 452 g/mol. The zero-order chi connectivity index (χ0) is 25.3. The lowest BCUT2D eigenvalue weighted by molar-refractivity contribution is -0.132. The van der Waals surface area contributed by atoms with Crippen LogP contribution in [0.25, 0.3) is 11.1 Å². The third-order valence-electron chi connectivity index (χ3n) is 6.93. The van der Waals surface area contributed by atoms with Gasteiger partial charge in [-0.3, -0.25) is 14.5 Å².